The summed E-state index contributed by atoms with van der Waals surface area (Å²) in [7, 11) is -3.48. The molecule has 1 heterocycles. The van der Waals surface area contributed by atoms with Gasteiger partial charge in [-0.3, -0.25) is 0 Å². The highest BCUT2D eigenvalue weighted by molar-refractivity contribution is 7.89. The van der Waals surface area contributed by atoms with E-state index < -0.39 is 10.0 Å². The minimum atomic E-state index is -3.48. The summed E-state index contributed by atoms with van der Waals surface area (Å²) >= 11 is 0. The Balaban J connectivity index is 1.72. The van der Waals surface area contributed by atoms with Crippen LogP contribution in [0, 0.1) is 5.82 Å². The average molecular weight is 373 g/mol. The molecule has 2 aromatic rings. The molecule has 2 aromatic carbocycles. The third-order valence-corrected chi connectivity index (χ3v) is 6.65. The minimum absolute atomic E-state index is 0.267. The lowest BCUT2D eigenvalue weighted by Crippen LogP contribution is -2.34. The molecule has 0 fully saturated rings. The Morgan fingerprint density at radius 2 is 1.73 bits per heavy atom. The Morgan fingerprint density at radius 3 is 2.31 bits per heavy atom. The number of aryl methyl sites for hydroxylation is 1. The number of hydrogen-bond donors (Lipinski definition) is 0. The number of unbranched alkanes of at least 4 members (excludes halogenated alkanes) is 1. The molecule has 26 heavy (non-hydrogen) atoms. The fourth-order valence-electron chi connectivity index (χ4n) is 3.15. The molecule has 1 aliphatic heterocycles. The van der Waals surface area contributed by atoms with Gasteiger partial charge in [0.25, 0.3) is 0 Å². The van der Waals surface area contributed by atoms with Crippen LogP contribution in [-0.2, 0) is 16.4 Å². The number of nitrogens with zero attached hydrogens (tertiary/aromatic N) is 1. The number of hydrogen-bond acceptors (Lipinski definition) is 2. The summed E-state index contributed by atoms with van der Waals surface area (Å²) < 4.78 is 40.2. The molecule has 3 rings (SSSR count). The van der Waals surface area contributed by atoms with Gasteiger partial charge in [0.2, 0.25) is 10.0 Å². The first-order valence-corrected chi connectivity index (χ1v) is 10.5. The van der Waals surface area contributed by atoms with Crippen molar-refractivity contribution in [3.05, 3.63) is 71.6 Å². The van der Waals surface area contributed by atoms with E-state index in [1.807, 2.05) is 18.2 Å². The molecule has 0 N–H and O–H groups in total. The van der Waals surface area contributed by atoms with E-state index in [-0.39, 0.29) is 5.82 Å². The maximum Gasteiger partial charge on any atom is 0.243 e. The summed E-state index contributed by atoms with van der Waals surface area (Å²) in [6, 6.07) is 13.6. The SMILES string of the molecule is CCCCc1ccc(S(=O)(=O)N2CC=C(c3ccc(F)cc3)CC2)cc1. The Labute approximate surface area is 155 Å². The molecule has 0 saturated heterocycles. The van der Waals surface area contributed by atoms with Gasteiger partial charge in [0, 0.05) is 13.1 Å². The summed E-state index contributed by atoms with van der Waals surface area (Å²) in [5, 5.41) is 0. The van der Waals surface area contributed by atoms with Crippen LogP contribution >= 0.6 is 0 Å². The molecular weight excluding hydrogens is 349 g/mol. The lowest BCUT2D eigenvalue weighted by molar-refractivity contribution is 0.441. The highest BCUT2D eigenvalue weighted by Crippen LogP contribution is 2.26. The van der Waals surface area contributed by atoms with Crippen LogP contribution in [-0.4, -0.2) is 25.8 Å². The van der Waals surface area contributed by atoms with Gasteiger partial charge >= 0.3 is 0 Å². The Kier molecular flexibility index (Phi) is 5.89. The highest BCUT2D eigenvalue weighted by atomic mass is 32.2. The molecule has 0 aliphatic carbocycles. The van der Waals surface area contributed by atoms with Crippen molar-refractivity contribution in [1.29, 1.82) is 0 Å². The van der Waals surface area contributed by atoms with Gasteiger partial charge in [0.1, 0.15) is 5.82 Å². The zero-order valence-corrected chi connectivity index (χ0v) is 15.8. The van der Waals surface area contributed by atoms with E-state index in [4.69, 9.17) is 0 Å². The summed E-state index contributed by atoms with van der Waals surface area (Å²) in [4.78, 5) is 0.344. The van der Waals surface area contributed by atoms with Crippen molar-refractivity contribution in [3.8, 4) is 0 Å². The molecule has 0 bridgehead atoms. The number of benzene rings is 2. The summed E-state index contributed by atoms with van der Waals surface area (Å²) in [6.07, 6.45) is 5.75. The third-order valence-electron chi connectivity index (χ3n) is 4.77. The van der Waals surface area contributed by atoms with Crippen molar-refractivity contribution in [2.45, 2.75) is 37.5 Å². The maximum atomic E-state index is 13.0. The average Bonchev–Trinajstić information content (AvgIpc) is 2.67. The lowest BCUT2D eigenvalue weighted by Gasteiger charge is -2.26. The molecular formula is C21H24FNO2S. The molecule has 0 unspecified atom stereocenters. The van der Waals surface area contributed by atoms with E-state index in [1.165, 1.54) is 22.0 Å². The van der Waals surface area contributed by atoms with E-state index in [0.717, 1.165) is 30.4 Å². The molecule has 138 valence electrons. The maximum absolute atomic E-state index is 13.0. The van der Waals surface area contributed by atoms with E-state index in [0.29, 0.717) is 24.4 Å². The summed E-state index contributed by atoms with van der Waals surface area (Å²) in [5.41, 5.74) is 3.18. The largest absolute Gasteiger partial charge is 0.243 e. The zero-order chi connectivity index (χ0) is 18.6. The van der Waals surface area contributed by atoms with Crippen LogP contribution in [0.25, 0.3) is 5.57 Å². The van der Waals surface area contributed by atoms with Crippen molar-refractivity contribution < 1.29 is 12.8 Å². The zero-order valence-electron chi connectivity index (χ0n) is 15.0. The van der Waals surface area contributed by atoms with Gasteiger partial charge in [0.15, 0.2) is 0 Å². The van der Waals surface area contributed by atoms with E-state index in [2.05, 4.69) is 6.92 Å². The number of halogens is 1. The lowest BCUT2D eigenvalue weighted by atomic mass is 10.0. The van der Waals surface area contributed by atoms with Crippen LogP contribution in [0.2, 0.25) is 0 Å². The third kappa shape index (κ3) is 4.22. The van der Waals surface area contributed by atoms with Crippen LogP contribution in [0.5, 0.6) is 0 Å². The molecule has 0 radical (unpaired) electrons. The fourth-order valence-corrected chi connectivity index (χ4v) is 4.53. The molecule has 0 aromatic heterocycles. The quantitative estimate of drug-likeness (QED) is 0.739. The molecule has 0 saturated carbocycles. The van der Waals surface area contributed by atoms with E-state index in [9.17, 15) is 12.8 Å². The van der Waals surface area contributed by atoms with E-state index >= 15 is 0 Å². The van der Waals surface area contributed by atoms with E-state index in [1.54, 1.807) is 24.3 Å². The second-order valence-electron chi connectivity index (χ2n) is 6.60. The second-order valence-corrected chi connectivity index (χ2v) is 8.53. The van der Waals surface area contributed by atoms with Gasteiger partial charge in [0.05, 0.1) is 4.90 Å². The van der Waals surface area contributed by atoms with Crippen LogP contribution in [0.15, 0.2) is 59.5 Å². The van der Waals surface area contributed by atoms with Gasteiger partial charge < -0.3 is 0 Å². The monoisotopic (exact) mass is 373 g/mol. The van der Waals surface area contributed by atoms with Crippen LogP contribution in [0.1, 0.15) is 37.3 Å². The molecule has 0 spiro atoms. The van der Waals surface area contributed by atoms with Crippen molar-refractivity contribution in [2.24, 2.45) is 0 Å². The summed E-state index contributed by atoms with van der Waals surface area (Å²) in [6.45, 7) is 2.92. The normalized spacial score (nSPS) is 15.7. The van der Waals surface area contributed by atoms with Crippen molar-refractivity contribution in [1.82, 2.24) is 4.31 Å². The number of rotatable bonds is 6. The first-order chi connectivity index (χ1) is 12.5. The first kappa shape index (κ1) is 18.8. The summed E-state index contributed by atoms with van der Waals surface area (Å²) in [5.74, 6) is -0.267. The van der Waals surface area contributed by atoms with Crippen LogP contribution in [0.3, 0.4) is 0 Å². The van der Waals surface area contributed by atoms with Crippen molar-refractivity contribution >= 4 is 15.6 Å². The van der Waals surface area contributed by atoms with Gasteiger partial charge in [-0.15, -0.1) is 0 Å². The van der Waals surface area contributed by atoms with Crippen molar-refractivity contribution in [2.75, 3.05) is 13.1 Å². The van der Waals surface area contributed by atoms with Gasteiger partial charge in [-0.2, -0.15) is 4.31 Å². The molecule has 0 atom stereocenters. The van der Waals surface area contributed by atoms with Gasteiger partial charge in [-0.25, -0.2) is 12.8 Å². The molecule has 5 heteroatoms. The van der Waals surface area contributed by atoms with Gasteiger partial charge in [-0.05, 0) is 60.2 Å². The number of sulfonamides is 1. The predicted octanol–water partition coefficient (Wildman–Crippen LogP) is 4.65. The fraction of sp³-hybridized carbons (Fsp3) is 0.333. The smallest absolute Gasteiger partial charge is 0.207 e. The first-order valence-electron chi connectivity index (χ1n) is 9.05. The molecule has 0 amide bonds. The van der Waals surface area contributed by atoms with Crippen LogP contribution < -0.4 is 0 Å². The Morgan fingerprint density at radius 1 is 1.04 bits per heavy atom. The Hall–Kier alpha value is -1.98. The highest BCUT2D eigenvalue weighted by Gasteiger charge is 2.26. The topological polar surface area (TPSA) is 37.4 Å². The predicted molar refractivity (Wildman–Crippen MR) is 103 cm³/mol. The second kappa shape index (κ2) is 8.14. The van der Waals surface area contributed by atoms with Gasteiger partial charge in [-0.1, -0.05) is 43.7 Å². The van der Waals surface area contributed by atoms with Crippen LogP contribution in [0.4, 0.5) is 4.39 Å². The van der Waals surface area contributed by atoms with Crippen molar-refractivity contribution in [3.63, 3.8) is 0 Å². The molecule has 1 aliphatic rings. The minimum Gasteiger partial charge on any atom is -0.207 e. The Bertz CT molecular complexity index is 871. The molecule has 3 nitrogen and oxygen atoms in total. The standard InChI is InChI=1S/C21H24FNO2S/c1-2-3-4-17-5-11-21(12-6-17)26(24,25)23-15-13-19(14-16-23)18-7-9-20(22)10-8-18/h5-13H,2-4,14-16H2,1H3.